The van der Waals surface area contributed by atoms with Crippen LogP contribution in [0.5, 0.6) is 0 Å². The van der Waals surface area contributed by atoms with E-state index in [4.69, 9.17) is 0 Å². The highest BCUT2D eigenvalue weighted by Crippen LogP contribution is 2.47. The van der Waals surface area contributed by atoms with Gasteiger partial charge in [0, 0.05) is 52.3 Å². The molecule has 0 bridgehead atoms. The molecule has 0 aliphatic rings. The molecule has 0 radical (unpaired) electrons. The number of fused-ring (bicyclic) bond motifs is 2. The summed E-state index contributed by atoms with van der Waals surface area (Å²) in [7, 11) is 0. The average Bonchev–Trinajstić information content (AvgIpc) is 3.46. The standard InChI is InChI=1S/C71H72N4/c1-6-9-10-11-12-17-46-72-69-48-68(56-34-44-62(45-35-56)75-60-40-30-54(31-41-60)53-26-36-58(37-27-53)73-57(7-2)8-3)64-19-14-16-21-66(64)71(69)70-50(5)47-67(63-18-13-15-20-65(63)70)55-32-42-61(43-33-55)74-59-38-28-52(29-39-59)51-24-22-49(4)23-25-51/h13-16,18-45,47-48,57,72-75H,6-12,17,46H2,1-5H3. The molecule has 0 spiro atoms. The number of aryl methyl sites for hydroxylation is 2. The van der Waals surface area contributed by atoms with Crippen molar-refractivity contribution in [3.8, 4) is 55.6 Å². The Morgan fingerprint density at radius 1 is 0.360 bits per heavy atom. The Morgan fingerprint density at radius 3 is 1.21 bits per heavy atom. The smallest absolute Gasteiger partial charge is 0.0432 e. The minimum Gasteiger partial charge on any atom is -0.385 e. The van der Waals surface area contributed by atoms with Crippen LogP contribution in [0, 0.1) is 13.8 Å². The maximum atomic E-state index is 4.04. The summed E-state index contributed by atoms with van der Waals surface area (Å²) in [6.07, 6.45) is 9.77. The van der Waals surface area contributed by atoms with Crippen LogP contribution in [0.3, 0.4) is 0 Å². The zero-order valence-corrected chi connectivity index (χ0v) is 44.6. The lowest BCUT2D eigenvalue weighted by atomic mass is 9.84. The van der Waals surface area contributed by atoms with Crippen molar-refractivity contribution in [1.82, 2.24) is 0 Å². The predicted molar refractivity (Wildman–Crippen MR) is 327 cm³/mol. The molecule has 4 heteroatoms. The first-order chi connectivity index (χ1) is 36.8. The fraction of sp³-hybridized carbons (Fsp3) is 0.211. The van der Waals surface area contributed by atoms with E-state index in [-0.39, 0.29) is 0 Å². The van der Waals surface area contributed by atoms with E-state index in [1.54, 1.807) is 0 Å². The summed E-state index contributed by atoms with van der Waals surface area (Å²) >= 11 is 0. The second-order valence-electron chi connectivity index (χ2n) is 20.4. The fourth-order valence-corrected chi connectivity index (χ4v) is 10.8. The van der Waals surface area contributed by atoms with E-state index in [9.17, 15) is 0 Å². The molecule has 10 rings (SSSR count). The second-order valence-corrected chi connectivity index (χ2v) is 20.4. The largest absolute Gasteiger partial charge is 0.385 e. The van der Waals surface area contributed by atoms with Gasteiger partial charge in [-0.15, -0.1) is 0 Å². The van der Waals surface area contributed by atoms with Gasteiger partial charge in [0.1, 0.15) is 0 Å². The van der Waals surface area contributed by atoms with Crippen LogP contribution in [0.1, 0.15) is 83.3 Å². The van der Waals surface area contributed by atoms with Gasteiger partial charge in [-0.05, 0) is 177 Å². The van der Waals surface area contributed by atoms with E-state index in [2.05, 4.69) is 262 Å². The van der Waals surface area contributed by atoms with Crippen LogP contribution in [0.15, 0.2) is 206 Å². The van der Waals surface area contributed by atoms with Crippen LogP contribution in [0.2, 0.25) is 0 Å². The molecule has 0 saturated heterocycles. The number of rotatable bonds is 21. The highest BCUT2D eigenvalue weighted by molar-refractivity contribution is 6.16. The van der Waals surface area contributed by atoms with Crippen molar-refractivity contribution in [2.45, 2.75) is 92.0 Å². The van der Waals surface area contributed by atoms with Gasteiger partial charge in [0.2, 0.25) is 0 Å². The van der Waals surface area contributed by atoms with Crippen molar-refractivity contribution >= 4 is 55.7 Å². The quantitative estimate of drug-likeness (QED) is 0.0542. The van der Waals surface area contributed by atoms with Gasteiger partial charge < -0.3 is 21.3 Å². The molecule has 0 heterocycles. The van der Waals surface area contributed by atoms with Crippen LogP contribution in [-0.4, -0.2) is 12.6 Å². The second kappa shape index (κ2) is 23.9. The zero-order chi connectivity index (χ0) is 51.5. The molecule has 0 amide bonds. The molecule has 10 aromatic rings. The fourth-order valence-electron chi connectivity index (χ4n) is 10.8. The van der Waals surface area contributed by atoms with Crippen LogP contribution in [0.25, 0.3) is 77.2 Å². The van der Waals surface area contributed by atoms with Crippen LogP contribution >= 0.6 is 0 Å². The molecule has 0 aliphatic heterocycles. The summed E-state index contributed by atoms with van der Waals surface area (Å²) in [5, 5.41) is 20.0. The van der Waals surface area contributed by atoms with Gasteiger partial charge in [0.25, 0.3) is 0 Å². The number of anilines is 6. The van der Waals surface area contributed by atoms with Gasteiger partial charge in [0.15, 0.2) is 0 Å². The molecule has 75 heavy (non-hydrogen) atoms. The summed E-state index contributed by atoms with van der Waals surface area (Å²) in [6.45, 7) is 12.1. The summed E-state index contributed by atoms with van der Waals surface area (Å²) < 4.78 is 0. The third-order valence-electron chi connectivity index (χ3n) is 15.1. The van der Waals surface area contributed by atoms with Crippen LogP contribution in [0.4, 0.5) is 34.1 Å². The van der Waals surface area contributed by atoms with E-state index < -0.39 is 0 Å². The maximum absolute atomic E-state index is 4.04. The van der Waals surface area contributed by atoms with E-state index in [1.165, 1.54) is 132 Å². The van der Waals surface area contributed by atoms with E-state index in [0.717, 1.165) is 48.6 Å². The van der Waals surface area contributed by atoms with E-state index in [1.807, 2.05) is 0 Å². The molecule has 0 fully saturated rings. The van der Waals surface area contributed by atoms with Gasteiger partial charge in [-0.2, -0.15) is 0 Å². The lowest BCUT2D eigenvalue weighted by Crippen LogP contribution is -2.16. The molecule has 4 nitrogen and oxygen atoms in total. The average molecular weight is 981 g/mol. The normalized spacial score (nSPS) is 11.3. The van der Waals surface area contributed by atoms with Gasteiger partial charge in [-0.1, -0.05) is 198 Å². The summed E-state index contributed by atoms with van der Waals surface area (Å²) in [5.41, 5.74) is 21.4. The minimum absolute atomic E-state index is 0.505. The molecule has 0 aliphatic carbocycles. The Balaban J connectivity index is 0.934. The number of hydrogen-bond acceptors (Lipinski definition) is 4. The van der Waals surface area contributed by atoms with E-state index >= 15 is 0 Å². The molecule has 0 aromatic heterocycles. The maximum Gasteiger partial charge on any atom is 0.0432 e. The summed E-state index contributed by atoms with van der Waals surface area (Å²) in [4.78, 5) is 0. The first-order valence-electron chi connectivity index (χ1n) is 27.6. The minimum atomic E-state index is 0.505. The van der Waals surface area contributed by atoms with E-state index in [0.29, 0.717) is 6.04 Å². The number of unbranched alkanes of at least 4 members (excludes halogenated alkanes) is 5. The highest BCUT2D eigenvalue weighted by Gasteiger charge is 2.21. The van der Waals surface area contributed by atoms with Crippen molar-refractivity contribution in [1.29, 1.82) is 0 Å². The highest BCUT2D eigenvalue weighted by atomic mass is 14.9. The third kappa shape index (κ3) is 11.8. The Morgan fingerprint density at radius 2 is 0.747 bits per heavy atom. The van der Waals surface area contributed by atoms with Gasteiger partial charge >= 0.3 is 0 Å². The Bertz CT molecular complexity index is 3460. The lowest BCUT2D eigenvalue weighted by molar-refractivity contribution is 0.617. The van der Waals surface area contributed by atoms with Crippen molar-refractivity contribution in [3.05, 3.63) is 217 Å². The Kier molecular flexibility index (Phi) is 16.0. The molecular formula is C71H72N4. The Hall–Kier alpha value is -8.08. The first kappa shape index (κ1) is 50.5. The van der Waals surface area contributed by atoms with Crippen molar-refractivity contribution in [2.75, 3.05) is 27.8 Å². The Labute approximate surface area is 446 Å². The summed E-state index contributed by atoms with van der Waals surface area (Å²) in [6, 6.07) is 76.2. The van der Waals surface area contributed by atoms with Crippen LogP contribution in [-0.2, 0) is 0 Å². The number of hydrogen-bond donors (Lipinski definition) is 4. The zero-order valence-electron chi connectivity index (χ0n) is 44.6. The lowest BCUT2D eigenvalue weighted by Gasteiger charge is -2.23. The van der Waals surface area contributed by atoms with Gasteiger partial charge in [-0.3, -0.25) is 0 Å². The van der Waals surface area contributed by atoms with Crippen molar-refractivity contribution in [2.24, 2.45) is 0 Å². The molecule has 0 saturated carbocycles. The topological polar surface area (TPSA) is 48.1 Å². The molecule has 10 aromatic carbocycles. The first-order valence-corrected chi connectivity index (χ1v) is 27.6. The van der Waals surface area contributed by atoms with Gasteiger partial charge in [-0.25, -0.2) is 0 Å². The predicted octanol–water partition coefficient (Wildman–Crippen LogP) is 20.8. The van der Waals surface area contributed by atoms with Crippen molar-refractivity contribution < 1.29 is 0 Å². The van der Waals surface area contributed by atoms with Gasteiger partial charge in [0.05, 0.1) is 0 Å². The molecule has 0 atom stereocenters. The SMILES string of the molecule is CCCCCCCCNc1cc(-c2ccc(Nc3ccc(-c4ccc(NC(CC)CC)cc4)cc3)cc2)c2ccccc2c1-c1c(C)cc(-c2ccc(Nc3ccc(-c4ccc(C)cc4)cc3)cc2)c2ccccc12. The summed E-state index contributed by atoms with van der Waals surface area (Å²) in [5.74, 6) is 0. The molecule has 0 unspecified atom stereocenters. The molecule has 376 valence electrons. The monoisotopic (exact) mass is 981 g/mol. The number of nitrogens with one attached hydrogen (secondary N) is 4. The number of benzene rings is 10. The molecule has 4 N–H and O–H groups in total. The molecular weight excluding hydrogens is 909 g/mol. The van der Waals surface area contributed by atoms with Crippen LogP contribution < -0.4 is 21.3 Å². The third-order valence-corrected chi connectivity index (χ3v) is 15.1. The van der Waals surface area contributed by atoms with Crippen molar-refractivity contribution in [3.63, 3.8) is 0 Å².